The quantitative estimate of drug-likeness (QED) is 0.304. The minimum absolute atomic E-state index is 0.394. The zero-order valence-electron chi connectivity index (χ0n) is 15.5. The van der Waals surface area contributed by atoms with Crippen molar-refractivity contribution in [2.45, 2.75) is 23.0 Å². The summed E-state index contributed by atoms with van der Waals surface area (Å²) < 4.78 is 9.68. The molecular formula is C20H17I2N5OS. The number of hydrogen-bond acceptors (Lipinski definition) is 6. The summed E-state index contributed by atoms with van der Waals surface area (Å²) in [5.74, 6) is 1.95. The van der Waals surface area contributed by atoms with Crippen LogP contribution in [0.1, 0.15) is 5.56 Å². The molecule has 0 radical (unpaired) electrons. The number of rotatable bonds is 6. The van der Waals surface area contributed by atoms with Crippen molar-refractivity contribution in [1.82, 2.24) is 19.5 Å². The van der Waals surface area contributed by atoms with Gasteiger partial charge in [0.25, 0.3) is 0 Å². The Morgan fingerprint density at radius 3 is 2.66 bits per heavy atom. The number of ether oxygens (including phenoxy) is 1. The summed E-state index contributed by atoms with van der Waals surface area (Å²) in [4.78, 5) is 14.7. The van der Waals surface area contributed by atoms with Gasteiger partial charge in [0.2, 0.25) is 0 Å². The molecule has 0 atom stereocenters. The molecule has 2 aliphatic heterocycles. The fourth-order valence-electron chi connectivity index (χ4n) is 2.83. The molecule has 0 spiro atoms. The first-order chi connectivity index (χ1) is 14.0. The summed E-state index contributed by atoms with van der Waals surface area (Å²) >= 11 is 6.11. The van der Waals surface area contributed by atoms with Crippen LogP contribution >= 0.6 is 56.9 Å². The molecule has 0 amide bonds. The van der Waals surface area contributed by atoms with Gasteiger partial charge in [-0.3, -0.25) is 0 Å². The lowest BCUT2D eigenvalue weighted by molar-refractivity contribution is 0.413. The first-order valence-corrected chi connectivity index (χ1v) is 11.7. The maximum absolute atomic E-state index is 6.07. The Bertz CT molecular complexity index is 1120. The van der Waals surface area contributed by atoms with E-state index in [1.54, 1.807) is 13.4 Å². The molecule has 6 nitrogen and oxygen atoms in total. The maximum Gasteiger partial charge on any atom is 0.195 e. The number of methoxy groups -OCH3 is 1. The fourth-order valence-corrected chi connectivity index (χ4v) is 4.66. The standard InChI is InChI=1S/C20H17I2N5OS/c1-28-14-6-7-15(22)16(10-14)29-20-25-17-18(23)24-11-27(19(17)26-20)9-8-12-2-4-13(21)5-3-12/h2-7,10-11H,8-9,23H2,1H3. The minimum atomic E-state index is 0.394. The Balaban J connectivity index is 1.61. The first-order valence-electron chi connectivity index (χ1n) is 8.77. The molecular weight excluding hydrogens is 612 g/mol. The molecule has 0 bridgehead atoms. The van der Waals surface area contributed by atoms with Crippen molar-refractivity contribution < 1.29 is 4.74 Å². The number of hydrogen-bond donors (Lipinski definition) is 1. The number of aromatic nitrogens is 4. The van der Waals surface area contributed by atoms with E-state index in [1.165, 1.54) is 20.9 Å². The highest BCUT2D eigenvalue weighted by molar-refractivity contribution is 14.1. The van der Waals surface area contributed by atoms with Crippen LogP contribution in [0.25, 0.3) is 11.5 Å². The number of nitrogens with zero attached hydrogens (tertiary/aromatic N) is 4. The van der Waals surface area contributed by atoms with Gasteiger partial charge in [0, 0.05) is 18.6 Å². The van der Waals surface area contributed by atoms with Crippen molar-refractivity contribution in [3.05, 3.63) is 61.5 Å². The Hall–Kier alpha value is -1.60. The highest BCUT2D eigenvalue weighted by atomic mass is 127. The second-order valence-corrected chi connectivity index (χ2v) is 9.69. The van der Waals surface area contributed by atoms with Crippen LogP contribution in [0.2, 0.25) is 0 Å². The Kier molecular flexibility index (Phi) is 6.44. The van der Waals surface area contributed by atoms with Gasteiger partial charge in [0.1, 0.15) is 5.75 Å². The number of fused-ring (bicyclic) bond motifs is 1. The smallest absolute Gasteiger partial charge is 0.195 e. The Morgan fingerprint density at radius 2 is 1.90 bits per heavy atom. The van der Waals surface area contributed by atoms with Crippen LogP contribution in [0.3, 0.4) is 0 Å². The molecule has 29 heavy (non-hydrogen) atoms. The van der Waals surface area contributed by atoms with Crippen LogP contribution in [-0.4, -0.2) is 26.6 Å². The van der Waals surface area contributed by atoms with Gasteiger partial charge in [0.05, 0.1) is 13.4 Å². The lowest BCUT2D eigenvalue weighted by Crippen LogP contribution is -2.09. The van der Waals surface area contributed by atoms with Gasteiger partial charge in [-0.05, 0) is 99.3 Å². The van der Waals surface area contributed by atoms with Crippen molar-refractivity contribution in [3.63, 3.8) is 0 Å². The SMILES string of the molecule is COc1ccc(I)c(Sc2nc3c(N)ncn(CCc4ccc(I)cc4)c-3n2)c1. The number of halogens is 2. The predicted octanol–water partition coefficient (Wildman–Crippen LogP) is 4.97. The first kappa shape index (κ1) is 20.7. The van der Waals surface area contributed by atoms with E-state index in [0.717, 1.165) is 33.0 Å². The van der Waals surface area contributed by atoms with E-state index in [4.69, 9.17) is 15.5 Å². The Morgan fingerprint density at radius 1 is 1.10 bits per heavy atom. The van der Waals surface area contributed by atoms with Crippen LogP contribution in [0, 0.1) is 7.14 Å². The van der Waals surface area contributed by atoms with Gasteiger partial charge in [-0.2, -0.15) is 0 Å². The number of imidazole rings is 1. The summed E-state index contributed by atoms with van der Waals surface area (Å²) in [6.45, 7) is 0.754. The molecule has 2 N–H and O–H groups in total. The molecule has 2 heterocycles. The third-order valence-corrected chi connectivity index (χ3v) is 7.31. The van der Waals surface area contributed by atoms with Gasteiger partial charge >= 0.3 is 0 Å². The molecule has 148 valence electrons. The second kappa shape index (κ2) is 9.04. The van der Waals surface area contributed by atoms with E-state index in [-0.39, 0.29) is 0 Å². The number of benzene rings is 2. The van der Waals surface area contributed by atoms with Gasteiger partial charge in [-0.15, -0.1) is 0 Å². The van der Waals surface area contributed by atoms with E-state index in [9.17, 15) is 0 Å². The van der Waals surface area contributed by atoms with Crippen molar-refractivity contribution >= 4 is 62.8 Å². The summed E-state index contributed by atoms with van der Waals surface area (Å²) in [5.41, 5.74) is 7.97. The zero-order valence-corrected chi connectivity index (χ0v) is 20.6. The third-order valence-electron chi connectivity index (χ3n) is 4.37. The Labute approximate surface area is 200 Å². The molecule has 2 aromatic carbocycles. The van der Waals surface area contributed by atoms with Crippen LogP contribution < -0.4 is 10.5 Å². The maximum atomic E-state index is 6.07. The zero-order chi connectivity index (χ0) is 20.4. The van der Waals surface area contributed by atoms with Crippen LogP contribution in [-0.2, 0) is 13.0 Å². The summed E-state index contributed by atoms with van der Waals surface area (Å²) in [6.07, 6.45) is 2.62. The van der Waals surface area contributed by atoms with Crippen molar-refractivity contribution in [2.24, 2.45) is 0 Å². The van der Waals surface area contributed by atoms with Crippen molar-refractivity contribution in [3.8, 4) is 17.3 Å². The molecule has 9 heteroatoms. The second-order valence-electron chi connectivity index (χ2n) is 6.28. The molecule has 0 aliphatic carbocycles. The molecule has 2 aromatic rings. The van der Waals surface area contributed by atoms with Crippen LogP contribution in [0.15, 0.2) is 58.8 Å². The van der Waals surface area contributed by atoms with E-state index in [2.05, 4.69) is 79.4 Å². The highest BCUT2D eigenvalue weighted by Gasteiger charge is 2.20. The summed E-state index contributed by atoms with van der Waals surface area (Å²) in [5, 5.41) is 0.647. The lowest BCUT2D eigenvalue weighted by Gasteiger charge is -2.11. The molecule has 2 aliphatic rings. The normalized spacial score (nSPS) is 11.1. The summed E-state index contributed by atoms with van der Waals surface area (Å²) in [6, 6.07) is 14.5. The molecule has 4 rings (SSSR count). The third kappa shape index (κ3) is 4.77. The molecule has 0 aromatic heterocycles. The monoisotopic (exact) mass is 629 g/mol. The molecule has 0 fully saturated rings. The average molecular weight is 629 g/mol. The van der Waals surface area contributed by atoms with Crippen molar-refractivity contribution in [2.75, 3.05) is 12.8 Å². The van der Waals surface area contributed by atoms with E-state index in [0.29, 0.717) is 16.7 Å². The lowest BCUT2D eigenvalue weighted by atomic mass is 10.1. The van der Waals surface area contributed by atoms with Gasteiger partial charge in [0.15, 0.2) is 22.5 Å². The van der Waals surface area contributed by atoms with Gasteiger partial charge in [-0.25, -0.2) is 15.0 Å². The van der Waals surface area contributed by atoms with E-state index < -0.39 is 0 Å². The van der Waals surface area contributed by atoms with Gasteiger partial charge < -0.3 is 15.0 Å². The fraction of sp³-hybridized carbons (Fsp3) is 0.150. The average Bonchev–Trinajstić information content (AvgIpc) is 3.15. The highest BCUT2D eigenvalue weighted by Crippen LogP contribution is 2.35. The largest absolute Gasteiger partial charge is 0.497 e. The number of nitrogen functional groups attached to an aromatic ring is 1. The van der Waals surface area contributed by atoms with E-state index in [1.807, 2.05) is 22.8 Å². The molecule has 0 saturated carbocycles. The molecule has 0 saturated heterocycles. The summed E-state index contributed by atoms with van der Waals surface area (Å²) in [7, 11) is 1.66. The predicted molar refractivity (Wildman–Crippen MR) is 132 cm³/mol. The van der Waals surface area contributed by atoms with Crippen LogP contribution in [0.5, 0.6) is 5.75 Å². The molecule has 0 unspecified atom stereocenters. The number of aryl methyl sites for hydroxylation is 2. The number of nitrogens with two attached hydrogens (primary N) is 1. The number of anilines is 1. The van der Waals surface area contributed by atoms with Gasteiger partial charge in [-0.1, -0.05) is 12.1 Å². The minimum Gasteiger partial charge on any atom is -0.497 e. The van der Waals surface area contributed by atoms with Crippen LogP contribution in [0.4, 0.5) is 5.82 Å². The van der Waals surface area contributed by atoms with Crippen molar-refractivity contribution in [1.29, 1.82) is 0 Å². The topological polar surface area (TPSA) is 78.9 Å². The van der Waals surface area contributed by atoms with E-state index >= 15 is 0 Å².